The van der Waals surface area contributed by atoms with Crippen molar-refractivity contribution in [1.82, 2.24) is 4.90 Å². The zero-order valence-corrected chi connectivity index (χ0v) is 15.2. The second-order valence-electron chi connectivity index (χ2n) is 6.86. The summed E-state index contributed by atoms with van der Waals surface area (Å²) in [5, 5.41) is 9.29. The van der Waals surface area contributed by atoms with Crippen LogP contribution in [0, 0.1) is 5.82 Å². The fourth-order valence-electron chi connectivity index (χ4n) is 3.36. The van der Waals surface area contributed by atoms with Gasteiger partial charge in [0.15, 0.2) is 0 Å². The van der Waals surface area contributed by atoms with Gasteiger partial charge >= 0.3 is 6.09 Å². The van der Waals surface area contributed by atoms with Crippen molar-refractivity contribution >= 4 is 6.09 Å². The zero-order valence-electron chi connectivity index (χ0n) is 15.2. The molecule has 142 valence electrons. The molecule has 0 aliphatic carbocycles. The summed E-state index contributed by atoms with van der Waals surface area (Å²) in [6, 6.07) is 21.8. The average Bonchev–Trinajstić information content (AvgIpc) is 3.09. The van der Waals surface area contributed by atoms with E-state index < -0.39 is 0 Å². The highest BCUT2D eigenvalue weighted by Gasteiger charge is 2.32. The average molecular weight is 377 g/mol. The molecular formula is C23H20FNO3. The van der Waals surface area contributed by atoms with Crippen molar-refractivity contribution in [1.29, 1.82) is 0 Å². The molecule has 0 bridgehead atoms. The van der Waals surface area contributed by atoms with E-state index in [4.69, 9.17) is 4.74 Å². The Morgan fingerprint density at radius 3 is 2.43 bits per heavy atom. The SMILES string of the molecule is O=C1OC(c2ccc(F)cc2)CN1Cc1ccc(-c2cccc(CO)c2)cc1. The Bertz CT molecular complexity index is 970. The quantitative estimate of drug-likeness (QED) is 0.702. The second kappa shape index (κ2) is 7.82. The van der Waals surface area contributed by atoms with Crippen LogP contribution in [0.2, 0.25) is 0 Å². The molecule has 0 saturated carbocycles. The van der Waals surface area contributed by atoms with Crippen molar-refractivity contribution in [2.45, 2.75) is 19.3 Å². The van der Waals surface area contributed by atoms with Crippen LogP contribution in [-0.2, 0) is 17.9 Å². The number of benzene rings is 3. The van der Waals surface area contributed by atoms with Crippen molar-refractivity contribution < 1.29 is 19.0 Å². The van der Waals surface area contributed by atoms with Crippen LogP contribution in [0.4, 0.5) is 9.18 Å². The lowest BCUT2D eigenvalue weighted by Gasteiger charge is -2.13. The van der Waals surface area contributed by atoms with Gasteiger partial charge in [0.1, 0.15) is 11.9 Å². The summed E-state index contributed by atoms with van der Waals surface area (Å²) in [6.07, 6.45) is -0.748. The van der Waals surface area contributed by atoms with Crippen LogP contribution in [0.3, 0.4) is 0 Å². The van der Waals surface area contributed by atoms with Gasteiger partial charge in [0.05, 0.1) is 13.2 Å². The summed E-state index contributed by atoms with van der Waals surface area (Å²) >= 11 is 0. The molecule has 4 nitrogen and oxygen atoms in total. The van der Waals surface area contributed by atoms with Crippen molar-refractivity contribution in [3.05, 3.63) is 95.3 Å². The smallest absolute Gasteiger partial charge is 0.410 e. The number of carbonyl (C=O) groups excluding carboxylic acids is 1. The van der Waals surface area contributed by atoms with E-state index >= 15 is 0 Å². The van der Waals surface area contributed by atoms with Gasteiger partial charge < -0.3 is 9.84 Å². The number of hydrogen-bond donors (Lipinski definition) is 1. The second-order valence-corrected chi connectivity index (χ2v) is 6.86. The fourth-order valence-corrected chi connectivity index (χ4v) is 3.36. The standard InChI is InChI=1S/C23H20FNO3/c24-21-10-8-19(9-11-21)22-14-25(23(27)28-22)13-16-4-6-18(7-5-16)20-3-1-2-17(12-20)15-26/h1-12,22,26H,13-15H2. The summed E-state index contributed by atoms with van der Waals surface area (Å²) in [4.78, 5) is 13.8. The van der Waals surface area contributed by atoms with Crippen LogP contribution in [-0.4, -0.2) is 22.6 Å². The molecule has 1 aliphatic rings. The molecule has 0 aromatic heterocycles. The molecule has 1 atom stereocenters. The van der Waals surface area contributed by atoms with Crippen LogP contribution in [0.15, 0.2) is 72.8 Å². The van der Waals surface area contributed by atoms with Gasteiger partial charge in [0, 0.05) is 6.54 Å². The molecule has 1 aliphatic heterocycles. The molecule has 0 spiro atoms. The maximum atomic E-state index is 13.1. The number of nitrogens with zero attached hydrogens (tertiary/aromatic N) is 1. The summed E-state index contributed by atoms with van der Waals surface area (Å²) in [5.41, 5.74) is 4.74. The Kier molecular flexibility index (Phi) is 5.08. The van der Waals surface area contributed by atoms with E-state index in [1.165, 1.54) is 12.1 Å². The van der Waals surface area contributed by atoms with E-state index in [0.717, 1.165) is 27.8 Å². The molecule has 4 rings (SSSR count). The molecule has 0 radical (unpaired) electrons. The van der Waals surface area contributed by atoms with Gasteiger partial charge in [-0.15, -0.1) is 0 Å². The van der Waals surface area contributed by atoms with Crippen LogP contribution in [0.5, 0.6) is 0 Å². The lowest BCUT2D eigenvalue weighted by atomic mass is 10.0. The minimum absolute atomic E-state index is 0.0121. The van der Waals surface area contributed by atoms with Gasteiger partial charge in [-0.25, -0.2) is 9.18 Å². The first kappa shape index (κ1) is 18.2. The molecule has 1 saturated heterocycles. The molecule has 5 heteroatoms. The Morgan fingerprint density at radius 2 is 1.71 bits per heavy atom. The maximum absolute atomic E-state index is 13.1. The van der Waals surface area contributed by atoms with Gasteiger partial charge in [-0.2, -0.15) is 0 Å². The Balaban J connectivity index is 1.44. The van der Waals surface area contributed by atoms with Gasteiger partial charge in [-0.1, -0.05) is 54.6 Å². The number of hydrogen-bond acceptors (Lipinski definition) is 3. The minimum atomic E-state index is -0.381. The predicted octanol–water partition coefficient (Wildman–Crippen LogP) is 4.68. The van der Waals surface area contributed by atoms with Crippen molar-refractivity contribution in [3.63, 3.8) is 0 Å². The van der Waals surface area contributed by atoms with Crippen LogP contribution in [0.1, 0.15) is 22.8 Å². The van der Waals surface area contributed by atoms with Gasteiger partial charge in [0.2, 0.25) is 0 Å². The van der Waals surface area contributed by atoms with E-state index in [2.05, 4.69) is 0 Å². The molecule has 1 heterocycles. The third-order valence-corrected chi connectivity index (χ3v) is 4.90. The lowest BCUT2D eigenvalue weighted by Crippen LogP contribution is -2.23. The van der Waals surface area contributed by atoms with E-state index in [1.807, 2.05) is 48.5 Å². The molecule has 3 aromatic carbocycles. The van der Waals surface area contributed by atoms with Crippen molar-refractivity contribution in [3.8, 4) is 11.1 Å². The van der Waals surface area contributed by atoms with Gasteiger partial charge in [-0.05, 0) is 46.0 Å². The Labute approximate surface area is 162 Å². The van der Waals surface area contributed by atoms with Gasteiger partial charge in [-0.3, -0.25) is 4.90 Å². The number of ether oxygens (including phenoxy) is 1. The Hall–Kier alpha value is -3.18. The molecule has 28 heavy (non-hydrogen) atoms. The third-order valence-electron chi connectivity index (χ3n) is 4.90. The molecule has 1 amide bonds. The first-order valence-corrected chi connectivity index (χ1v) is 9.12. The van der Waals surface area contributed by atoms with E-state index in [-0.39, 0.29) is 24.6 Å². The molecule has 1 unspecified atom stereocenters. The summed E-state index contributed by atoms with van der Waals surface area (Å²) < 4.78 is 18.5. The lowest BCUT2D eigenvalue weighted by molar-refractivity contribution is 0.132. The fraction of sp³-hybridized carbons (Fsp3) is 0.174. The minimum Gasteiger partial charge on any atom is -0.439 e. The maximum Gasteiger partial charge on any atom is 0.410 e. The van der Waals surface area contributed by atoms with Crippen molar-refractivity contribution in [2.24, 2.45) is 0 Å². The largest absolute Gasteiger partial charge is 0.439 e. The van der Waals surface area contributed by atoms with Crippen LogP contribution >= 0.6 is 0 Å². The third kappa shape index (κ3) is 3.89. The van der Waals surface area contributed by atoms with Crippen LogP contribution in [0.25, 0.3) is 11.1 Å². The monoisotopic (exact) mass is 377 g/mol. The normalized spacial score (nSPS) is 16.3. The van der Waals surface area contributed by atoms with E-state index in [0.29, 0.717) is 13.1 Å². The van der Waals surface area contributed by atoms with E-state index in [1.54, 1.807) is 17.0 Å². The highest BCUT2D eigenvalue weighted by Crippen LogP contribution is 2.28. The van der Waals surface area contributed by atoms with Crippen molar-refractivity contribution in [2.75, 3.05) is 6.54 Å². The number of aliphatic hydroxyl groups is 1. The number of aliphatic hydroxyl groups excluding tert-OH is 1. The zero-order chi connectivity index (χ0) is 19.5. The number of halogens is 1. The summed E-state index contributed by atoms with van der Waals surface area (Å²) in [7, 11) is 0. The molecule has 1 N–H and O–H groups in total. The van der Waals surface area contributed by atoms with Gasteiger partial charge in [0.25, 0.3) is 0 Å². The molecule has 1 fully saturated rings. The Morgan fingerprint density at radius 1 is 0.964 bits per heavy atom. The summed E-state index contributed by atoms with van der Waals surface area (Å²) in [5.74, 6) is -0.311. The van der Waals surface area contributed by atoms with E-state index in [9.17, 15) is 14.3 Å². The highest BCUT2D eigenvalue weighted by atomic mass is 19.1. The molecule has 3 aromatic rings. The number of carbonyl (C=O) groups is 1. The summed E-state index contributed by atoms with van der Waals surface area (Å²) in [6.45, 7) is 0.899. The topological polar surface area (TPSA) is 49.8 Å². The first-order valence-electron chi connectivity index (χ1n) is 9.12. The number of cyclic esters (lactones) is 1. The van der Waals surface area contributed by atoms with Crippen LogP contribution < -0.4 is 0 Å². The number of amides is 1. The highest BCUT2D eigenvalue weighted by molar-refractivity contribution is 5.70. The number of rotatable bonds is 5. The predicted molar refractivity (Wildman–Crippen MR) is 104 cm³/mol. The first-order chi connectivity index (χ1) is 13.6. The molecular weight excluding hydrogens is 357 g/mol.